The van der Waals surface area contributed by atoms with Gasteiger partial charge in [-0.15, -0.1) is 0 Å². The lowest BCUT2D eigenvalue weighted by atomic mass is 9.96. The summed E-state index contributed by atoms with van der Waals surface area (Å²) in [4.78, 5) is 3.37. The van der Waals surface area contributed by atoms with Crippen LogP contribution in [0.1, 0.15) is 63.6 Å². The number of rotatable bonds is 10. The number of aliphatic hydroxyl groups excluding tert-OH is 2. The third kappa shape index (κ3) is 6.52. The number of hydrogen-bond acceptors (Lipinski definition) is 6. The summed E-state index contributed by atoms with van der Waals surface area (Å²) >= 11 is 1.76. The zero-order chi connectivity index (χ0) is 23.6. The van der Waals surface area contributed by atoms with Gasteiger partial charge in [0, 0.05) is 24.0 Å². The molecule has 1 saturated heterocycles. The number of ether oxygens (including phenoxy) is 1. The lowest BCUT2D eigenvalue weighted by Gasteiger charge is -2.38. The Hall–Kier alpha value is -1.57. The van der Waals surface area contributed by atoms with Gasteiger partial charge in [-0.3, -0.25) is 4.90 Å². The summed E-state index contributed by atoms with van der Waals surface area (Å²) in [5.74, 6) is 0. The summed E-state index contributed by atoms with van der Waals surface area (Å²) in [6, 6.07) is 6.68. The fourth-order valence-electron chi connectivity index (χ4n) is 4.68. The summed E-state index contributed by atoms with van der Waals surface area (Å²) in [5.41, 5.74) is 4.56. The molecule has 2 aliphatic heterocycles. The van der Waals surface area contributed by atoms with Crippen LogP contribution in [0.3, 0.4) is 0 Å². The van der Waals surface area contributed by atoms with Gasteiger partial charge in [0.25, 0.3) is 0 Å². The zero-order valence-corrected chi connectivity index (χ0v) is 21.2. The van der Waals surface area contributed by atoms with Gasteiger partial charge in [0.2, 0.25) is 0 Å². The standard InChI is InChI=1S/C27H40N2O3S/c1-4-7-9-21-10-11-23(6-3)29(26(21)8-5-2)33-24-12-13-25(22(18-24)19-30)27(20-31)28-14-16-32-17-15-28/h5,7-9,12-13,18,23,27,30-31H,4,6,10-11,14-17,19-20H2,1-3H3/b8-5-,9-7+. The molecule has 2 unspecified atom stereocenters. The zero-order valence-electron chi connectivity index (χ0n) is 20.4. The van der Waals surface area contributed by atoms with Crippen LogP contribution in [0.4, 0.5) is 0 Å². The summed E-state index contributed by atoms with van der Waals surface area (Å²) in [7, 11) is 0. The maximum Gasteiger partial charge on any atom is 0.0685 e. The van der Waals surface area contributed by atoms with Crippen LogP contribution < -0.4 is 0 Å². The molecule has 0 aromatic heterocycles. The van der Waals surface area contributed by atoms with Crippen LogP contribution >= 0.6 is 11.9 Å². The van der Waals surface area contributed by atoms with E-state index in [2.05, 4.69) is 72.5 Å². The summed E-state index contributed by atoms with van der Waals surface area (Å²) in [5, 5.41) is 20.3. The minimum Gasteiger partial charge on any atom is -0.394 e. The Bertz CT molecular complexity index is 846. The Morgan fingerprint density at radius 1 is 1.18 bits per heavy atom. The number of allylic oxidation sites excluding steroid dienone is 5. The van der Waals surface area contributed by atoms with E-state index in [9.17, 15) is 10.2 Å². The molecule has 2 heterocycles. The number of aliphatic hydroxyl groups is 2. The monoisotopic (exact) mass is 472 g/mol. The minimum absolute atomic E-state index is 0.0326. The van der Waals surface area contributed by atoms with Gasteiger partial charge in [-0.05, 0) is 79.5 Å². The van der Waals surface area contributed by atoms with E-state index in [1.807, 2.05) is 0 Å². The number of morpholine rings is 1. The minimum atomic E-state index is -0.113. The van der Waals surface area contributed by atoms with Crippen molar-refractivity contribution in [3.8, 4) is 0 Å². The second kappa shape index (κ2) is 13.4. The van der Waals surface area contributed by atoms with Crippen LogP contribution in [0.25, 0.3) is 0 Å². The van der Waals surface area contributed by atoms with Crippen LogP contribution in [0.2, 0.25) is 0 Å². The first-order valence-corrected chi connectivity index (χ1v) is 13.1. The second-order valence-electron chi connectivity index (χ2n) is 8.60. The maximum absolute atomic E-state index is 10.2. The molecule has 0 bridgehead atoms. The summed E-state index contributed by atoms with van der Waals surface area (Å²) in [6.07, 6.45) is 13.2. The van der Waals surface area contributed by atoms with Crippen molar-refractivity contribution in [2.75, 3.05) is 32.9 Å². The molecule has 0 spiro atoms. The number of nitrogens with zero attached hydrogens (tertiary/aromatic N) is 2. The van der Waals surface area contributed by atoms with Crippen LogP contribution in [-0.4, -0.2) is 58.4 Å². The highest BCUT2D eigenvalue weighted by molar-refractivity contribution is 7.97. The first kappa shape index (κ1) is 26.0. The van der Waals surface area contributed by atoms with Crippen molar-refractivity contribution < 1.29 is 14.9 Å². The third-order valence-electron chi connectivity index (χ3n) is 6.50. The smallest absolute Gasteiger partial charge is 0.0685 e. The molecule has 1 fully saturated rings. The van der Waals surface area contributed by atoms with E-state index in [4.69, 9.17) is 4.74 Å². The van der Waals surface area contributed by atoms with E-state index < -0.39 is 0 Å². The van der Waals surface area contributed by atoms with Gasteiger partial charge in [-0.25, -0.2) is 0 Å². The summed E-state index contributed by atoms with van der Waals surface area (Å²) in [6.45, 7) is 9.46. The van der Waals surface area contributed by atoms with Gasteiger partial charge in [-0.2, -0.15) is 0 Å². The lowest BCUT2D eigenvalue weighted by Crippen LogP contribution is -2.40. The molecule has 6 heteroatoms. The third-order valence-corrected chi connectivity index (χ3v) is 7.66. The van der Waals surface area contributed by atoms with Crippen LogP contribution in [0.5, 0.6) is 0 Å². The summed E-state index contributed by atoms with van der Waals surface area (Å²) < 4.78 is 7.94. The molecule has 2 aliphatic rings. The molecule has 0 saturated carbocycles. The van der Waals surface area contributed by atoms with E-state index >= 15 is 0 Å². The molecule has 2 N–H and O–H groups in total. The molecular weight excluding hydrogens is 432 g/mol. The van der Waals surface area contributed by atoms with Crippen molar-refractivity contribution >= 4 is 11.9 Å². The van der Waals surface area contributed by atoms with Crippen LogP contribution in [0.15, 0.2) is 58.7 Å². The topological polar surface area (TPSA) is 56.2 Å². The van der Waals surface area contributed by atoms with Gasteiger partial charge >= 0.3 is 0 Å². The predicted molar refractivity (Wildman–Crippen MR) is 137 cm³/mol. The van der Waals surface area contributed by atoms with Crippen molar-refractivity contribution in [1.29, 1.82) is 0 Å². The van der Waals surface area contributed by atoms with E-state index in [0.29, 0.717) is 19.3 Å². The van der Waals surface area contributed by atoms with Crippen LogP contribution in [-0.2, 0) is 11.3 Å². The van der Waals surface area contributed by atoms with Crippen molar-refractivity contribution in [3.05, 3.63) is 64.9 Å². The van der Waals surface area contributed by atoms with Gasteiger partial charge in [0.1, 0.15) is 0 Å². The van der Waals surface area contributed by atoms with Gasteiger partial charge in [-0.1, -0.05) is 38.1 Å². The van der Waals surface area contributed by atoms with E-state index in [1.54, 1.807) is 11.9 Å². The van der Waals surface area contributed by atoms with Crippen LogP contribution in [0, 0.1) is 0 Å². The molecule has 2 atom stereocenters. The fraction of sp³-hybridized carbons (Fsp3) is 0.556. The first-order chi connectivity index (χ1) is 16.2. The lowest BCUT2D eigenvalue weighted by molar-refractivity contribution is 0.00214. The highest BCUT2D eigenvalue weighted by Crippen LogP contribution is 2.40. The molecule has 0 radical (unpaired) electrons. The maximum atomic E-state index is 10.2. The second-order valence-corrected chi connectivity index (χ2v) is 9.65. The largest absolute Gasteiger partial charge is 0.394 e. The SMILES string of the molecule is C/C=C\C1=C(/C=C/CC)CCC(CC)N1Sc1ccc(C(CO)N2CCOCC2)c(CO)c1. The molecule has 3 rings (SSSR count). The van der Waals surface area contributed by atoms with E-state index in [-0.39, 0.29) is 19.3 Å². The Labute approximate surface area is 203 Å². The van der Waals surface area contributed by atoms with Gasteiger partial charge < -0.3 is 19.3 Å². The van der Waals surface area contributed by atoms with E-state index in [0.717, 1.165) is 54.8 Å². The normalized spacial score (nSPS) is 21.5. The van der Waals surface area contributed by atoms with Gasteiger partial charge in [0.15, 0.2) is 0 Å². The number of hydrogen-bond donors (Lipinski definition) is 2. The van der Waals surface area contributed by atoms with Crippen molar-refractivity contribution in [1.82, 2.24) is 9.21 Å². The van der Waals surface area contributed by atoms with E-state index in [1.165, 1.54) is 11.3 Å². The molecule has 182 valence electrons. The van der Waals surface area contributed by atoms with Crippen molar-refractivity contribution in [3.63, 3.8) is 0 Å². The highest BCUT2D eigenvalue weighted by atomic mass is 32.2. The molecule has 5 nitrogen and oxygen atoms in total. The first-order valence-electron chi connectivity index (χ1n) is 12.3. The highest BCUT2D eigenvalue weighted by Gasteiger charge is 2.28. The molecule has 0 aliphatic carbocycles. The fourth-order valence-corrected chi connectivity index (χ4v) is 5.91. The molecule has 33 heavy (non-hydrogen) atoms. The Morgan fingerprint density at radius 2 is 1.97 bits per heavy atom. The Morgan fingerprint density at radius 3 is 2.61 bits per heavy atom. The van der Waals surface area contributed by atoms with Crippen molar-refractivity contribution in [2.45, 2.75) is 70.0 Å². The molecule has 1 aromatic rings. The molecule has 0 amide bonds. The van der Waals surface area contributed by atoms with Gasteiger partial charge in [0.05, 0.1) is 38.2 Å². The average Bonchev–Trinajstić information content (AvgIpc) is 2.86. The quantitative estimate of drug-likeness (QED) is 0.455. The average molecular weight is 473 g/mol. The molecular formula is C27H40N2O3S. The molecule has 1 aromatic carbocycles. The number of benzene rings is 1. The van der Waals surface area contributed by atoms with Crippen molar-refractivity contribution in [2.24, 2.45) is 0 Å². The predicted octanol–water partition coefficient (Wildman–Crippen LogP) is 5.22. The Kier molecular flexibility index (Phi) is 10.5. The Balaban J connectivity index is 1.91.